The van der Waals surface area contributed by atoms with Crippen LogP contribution in [0.25, 0.3) is 10.9 Å². The van der Waals surface area contributed by atoms with Crippen LogP contribution in [0.15, 0.2) is 18.2 Å². The van der Waals surface area contributed by atoms with Gasteiger partial charge in [-0.25, -0.2) is 0 Å². The van der Waals surface area contributed by atoms with Gasteiger partial charge in [0.15, 0.2) is 0 Å². The minimum Gasteiger partial charge on any atom is -0.282 e. The zero-order valence-corrected chi connectivity index (χ0v) is 10.3. The number of benzene rings is 1. The molecule has 0 saturated carbocycles. The molecule has 82 valence electrons. The van der Waals surface area contributed by atoms with Crippen molar-refractivity contribution in [1.82, 2.24) is 10.2 Å². The van der Waals surface area contributed by atoms with E-state index in [0.29, 0.717) is 5.92 Å². The summed E-state index contributed by atoms with van der Waals surface area (Å²) in [5.41, 5.74) is 3.56. The Hall–Kier alpha value is -1.31. The second-order valence-corrected chi connectivity index (χ2v) is 3.78. The fourth-order valence-electron chi connectivity index (χ4n) is 1.52. The van der Waals surface area contributed by atoms with Crippen LogP contribution in [-0.4, -0.2) is 10.2 Å². The SMILES string of the molecule is CC.Cc1[nH]nc2cc(C(C)C)ccc12. The zero-order valence-electron chi connectivity index (χ0n) is 10.3. The highest BCUT2D eigenvalue weighted by atomic mass is 15.1. The van der Waals surface area contributed by atoms with Gasteiger partial charge in [-0.05, 0) is 24.5 Å². The van der Waals surface area contributed by atoms with Gasteiger partial charge in [-0.1, -0.05) is 39.8 Å². The number of hydrogen-bond donors (Lipinski definition) is 1. The Bertz CT molecular complexity index is 427. The van der Waals surface area contributed by atoms with E-state index in [-0.39, 0.29) is 0 Å². The summed E-state index contributed by atoms with van der Waals surface area (Å²) in [5.74, 6) is 0.571. The highest BCUT2D eigenvalue weighted by Gasteiger charge is 2.04. The zero-order chi connectivity index (χ0) is 11.4. The number of rotatable bonds is 1. The van der Waals surface area contributed by atoms with Crippen LogP contribution in [0.4, 0.5) is 0 Å². The van der Waals surface area contributed by atoms with Crippen LogP contribution >= 0.6 is 0 Å². The molecule has 2 rings (SSSR count). The number of H-pyrrole nitrogens is 1. The molecule has 1 heterocycles. The van der Waals surface area contributed by atoms with Gasteiger partial charge in [-0.3, -0.25) is 5.10 Å². The van der Waals surface area contributed by atoms with E-state index in [9.17, 15) is 0 Å². The molecule has 0 radical (unpaired) electrons. The van der Waals surface area contributed by atoms with Crippen LogP contribution in [0.2, 0.25) is 0 Å². The van der Waals surface area contributed by atoms with E-state index in [1.165, 1.54) is 10.9 Å². The summed E-state index contributed by atoms with van der Waals surface area (Å²) in [4.78, 5) is 0. The van der Waals surface area contributed by atoms with Crippen LogP contribution < -0.4 is 0 Å². The van der Waals surface area contributed by atoms with E-state index in [4.69, 9.17) is 0 Å². The predicted molar refractivity (Wildman–Crippen MR) is 66.3 cm³/mol. The van der Waals surface area contributed by atoms with Gasteiger partial charge in [0.25, 0.3) is 0 Å². The summed E-state index contributed by atoms with van der Waals surface area (Å²) < 4.78 is 0. The summed E-state index contributed by atoms with van der Waals surface area (Å²) >= 11 is 0. The van der Waals surface area contributed by atoms with E-state index < -0.39 is 0 Å². The largest absolute Gasteiger partial charge is 0.282 e. The molecule has 1 N–H and O–H groups in total. The van der Waals surface area contributed by atoms with Crippen molar-refractivity contribution < 1.29 is 0 Å². The Kier molecular flexibility index (Phi) is 3.89. The summed E-state index contributed by atoms with van der Waals surface area (Å²) in [6.07, 6.45) is 0. The molecule has 1 aromatic heterocycles. The second kappa shape index (κ2) is 4.96. The Morgan fingerprint density at radius 1 is 1.20 bits per heavy atom. The Labute approximate surface area is 91.7 Å². The molecule has 0 fully saturated rings. The molecule has 0 amide bonds. The number of aromatic nitrogens is 2. The van der Waals surface area contributed by atoms with Crippen LogP contribution in [0.5, 0.6) is 0 Å². The minimum atomic E-state index is 0.571. The first-order valence-corrected chi connectivity index (χ1v) is 5.63. The molecule has 0 aliphatic heterocycles. The molecule has 0 saturated heterocycles. The van der Waals surface area contributed by atoms with Gasteiger partial charge in [0, 0.05) is 11.1 Å². The van der Waals surface area contributed by atoms with E-state index in [1.54, 1.807) is 0 Å². The third-order valence-corrected chi connectivity index (χ3v) is 2.44. The molecule has 15 heavy (non-hydrogen) atoms. The van der Waals surface area contributed by atoms with Gasteiger partial charge in [0.05, 0.1) is 5.52 Å². The maximum Gasteiger partial charge on any atom is 0.0926 e. The average molecular weight is 204 g/mol. The van der Waals surface area contributed by atoms with Crippen molar-refractivity contribution in [3.05, 3.63) is 29.5 Å². The van der Waals surface area contributed by atoms with Crippen LogP contribution in [-0.2, 0) is 0 Å². The fourth-order valence-corrected chi connectivity index (χ4v) is 1.52. The first-order valence-electron chi connectivity index (χ1n) is 5.63. The van der Waals surface area contributed by atoms with Gasteiger partial charge in [-0.2, -0.15) is 5.10 Å². The van der Waals surface area contributed by atoms with Gasteiger partial charge < -0.3 is 0 Å². The number of aromatic amines is 1. The smallest absolute Gasteiger partial charge is 0.0926 e. The van der Waals surface area contributed by atoms with E-state index >= 15 is 0 Å². The predicted octanol–water partition coefficient (Wildman–Crippen LogP) is 4.02. The van der Waals surface area contributed by atoms with Crippen molar-refractivity contribution in [3.8, 4) is 0 Å². The van der Waals surface area contributed by atoms with Crippen molar-refractivity contribution in [2.75, 3.05) is 0 Å². The molecule has 0 aliphatic rings. The van der Waals surface area contributed by atoms with Gasteiger partial charge in [-0.15, -0.1) is 0 Å². The molecule has 1 aromatic carbocycles. The molecule has 0 bridgehead atoms. The normalized spacial score (nSPS) is 10.3. The lowest BCUT2D eigenvalue weighted by molar-refractivity contribution is 0.868. The van der Waals surface area contributed by atoms with Crippen molar-refractivity contribution in [2.45, 2.75) is 40.5 Å². The molecular weight excluding hydrogens is 184 g/mol. The highest BCUT2D eigenvalue weighted by Crippen LogP contribution is 2.21. The number of nitrogens with one attached hydrogen (secondary N) is 1. The summed E-state index contributed by atoms with van der Waals surface area (Å²) in [5, 5.41) is 8.46. The lowest BCUT2D eigenvalue weighted by Gasteiger charge is -2.03. The van der Waals surface area contributed by atoms with Crippen LogP contribution in [0.1, 0.15) is 44.9 Å². The number of aryl methyl sites for hydroxylation is 1. The molecule has 0 unspecified atom stereocenters. The summed E-state index contributed by atoms with van der Waals surface area (Å²) in [6.45, 7) is 10.4. The quantitative estimate of drug-likeness (QED) is 0.746. The number of nitrogens with zero attached hydrogens (tertiary/aromatic N) is 1. The van der Waals surface area contributed by atoms with Gasteiger partial charge >= 0.3 is 0 Å². The van der Waals surface area contributed by atoms with Crippen molar-refractivity contribution >= 4 is 10.9 Å². The molecule has 0 aliphatic carbocycles. The van der Waals surface area contributed by atoms with Crippen LogP contribution in [0.3, 0.4) is 0 Å². The first kappa shape index (κ1) is 11.8. The van der Waals surface area contributed by atoms with Crippen molar-refractivity contribution in [3.63, 3.8) is 0 Å². The summed E-state index contributed by atoms with van der Waals surface area (Å²) in [6, 6.07) is 6.47. The van der Waals surface area contributed by atoms with E-state index in [1.807, 2.05) is 20.8 Å². The third kappa shape index (κ3) is 2.38. The Morgan fingerprint density at radius 3 is 2.47 bits per heavy atom. The second-order valence-electron chi connectivity index (χ2n) is 3.78. The lowest BCUT2D eigenvalue weighted by atomic mass is 10.0. The molecule has 2 nitrogen and oxygen atoms in total. The topological polar surface area (TPSA) is 28.7 Å². The number of hydrogen-bond acceptors (Lipinski definition) is 1. The molecule has 2 aromatic rings. The van der Waals surface area contributed by atoms with Gasteiger partial charge in [0.1, 0.15) is 0 Å². The standard InChI is InChI=1S/C11H14N2.C2H6/c1-7(2)9-4-5-10-8(3)12-13-11(10)6-9;1-2/h4-7H,1-3H3,(H,12,13);1-2H3. The maximum atomic E-state index is 4.24. The molecule has 2 heteroatoms. The fraction of sp³-hybridized carbons (Fsp3) is 0.462. The van der Waals surface area contributed by atoms with E-state index in [0.717, 1.165) is 11.2 Å². The summed E-state index contributed by atoms with van der Waals surface area (Å²) in [7, 11) is 0. The van der Waals surface area contributed by atoms with Crippen LogP contribution in [0, 0.1) is 6.92 Å². The third-order valence-electron chi connectivity index (χ3n) is 2.44. The maximum absolute atomic E-state index is 4.24. The monoisotopic (exact) mass is 204 g/mol. The Balaban J connectivity index is 0.000000531. The van der Waals surface area contributed by atoms with Crippen molar-refractivity contribution in [2.24, 2.45) is 0 Å². The number of fused-ring (bicyclic) bond motifs is 1. The molecule has 0 atom stereocenters. The highest BCUT2D eigenvalue weighted by molar-refractivity contribution is 5.81. The average Bonchev–Trinajstić information content (AvgIpc) is 2.63. The lowest BCUT2D eigenvalue weighted by Crippen LogP contribution is -1.85. The first-order chi connectivity index (χ1) is 7.18. The Morgan fingerprint density at radius 2 is 1.87 bits per heavy atom. The van der Waals surface area contributed by atoms with E-state index in [2.05, 4.69) is 42.2 Å². The molecule has 0 spiro atoms. The van der Waals surface area contributed by atoms with Crippen molar-refractivity contribution in [1.29, 1.82) is 0 Å². The molecular formula is C13H20N2. The minimum absolute atomic E-state index is 0.571. The van der Waals surface area contributed by atoms with Gasteiger partial charge in [0.2, 0.25) is 0 Å².